The maximum absolute atomic E-state index is 12.6. The van der Waals surface area contributed by atoms with Crippen LogP contribution in [-0.2, 0) is 41.8 Å². The van der Waals surface area contributed by atoms with Crippen molar-refractivity contribution in [2.24, 2.45) is 5.92 Å². The fourth-order valence-electron chi connectivity index (χ4n) is 5.39. The van der Waals surface area contributed by atoms with Crippen molar-refractivity contribution in [3.63, 3.8) is 0 Å². The van der Waals surface area contributed by atoms with E-state index in [1.807, 2.05) is 0 Å². The molecule has 59 heavy (non-hydrogen) atoms. The molecule has 0 aliphatic carbocycles. The molecule has 0 saturated carbocycles. The van der Waals surface area contributed by atoms with Gasteiger partial charge < -0.3 is 44.6 Å². The lowest BCUT2D eigenvalue weighted by atomic mass is 10.0. The first-order valence-corrected chi connectivity index (χ1v) is 24.0. The molecular formula is C41H74O16P2. The molecule has 0 aromatic heterocycles. The smallest absolute Gasteiger partial charge is 0.462 e. The Bertz CT molecular complexity index is 1300. The average molecular weight is 885 g/mol. The molecule has 16 nitrogen and oxygen atoms in total. The second-order valence-electron chi connectivity index (χ2n) is 15.0. The van der Waals surface area contributed by atoms with E-state index in [1.54, 1.807) is 42.5 Å². The highest BCUT2D eigenvalue weighted by molar-refractivity contribution is 7.47. The number of phosphoric ester groups is 2. The van der Waals surface area contributed by atoms with Crippen LogP contribution in [0.5, 0.6) is 0 Å². The summed E-state index contributed by atoms with van der Waals surface area (Å²) in [6.07, 6.45) is 22.1. The van der Waals surface area contributed by atoms with Crippen LogP contribution in [-0.4, -0.2) is 104 Å². The number of carbonyl (C=O) groups is 2. The SMILES string of the molecule is CCCCC[C@@H](O)/C=C/C=C\C=C\C=C\[C@@H](O)[C@H](O)CCCC(=O)OC[C@H](COP(=O)(O)OC[C@@H](O)COP(=O)(O)O)OC(=O)CCCCCCCCCCCC(C)C. The molecule has 0 rings (SSSR count). The summed E-state index contributed by atoms with van der Waals surface area (Å²) in [6, 6.07) is 0. The van der Waals surface area contributed by atoms with Gasteiger partial charge in [-0.05, 0) is 31.6 Å². The number of unbranched alkanes of at least 4 members (excludes halogenated alkanes) is 10. The maximum atomic E-state index is 12.6. The van der Waals surface area contributed by atoms with E-state index < -0.39 is 84.5 Å². The largest absolute Gasteiger partial charge is 0.472 e. The number of esters is 2. The molecule has 6 atom stereocenters. The van der Waals surface area contributed by atoms with Crippen LogP contribution in [0.4, 0.5) is 0 Å². The van der Waals surface area contributed by atoms with E-state index in [9.17, 15) is 44.0 Å². The van der Waals surface area contributed by atoms with Crippen LogP contribution in [0.3, 0.4) is 0 Å². The number of carbonyl (C=O) groups excluding carboxylic acids is 2. The Balaban J connectivity index is 4.86. The zero-order chi connectivity index (χ0) is 44.4. The van der Waals surface area contributed by atoms with Crippen LogP contribution < -0.4 is 0 Å². The first-order chi connectivity index (χ1) is 27.9. The van der Waals surface area contributed by atoms with Gasteiger partial charge in [0.2, 0.25) is 0 Å². The van der Waals surface area contributed by atoms with Gasteiger partial charge in [0, 0.05) is 12.8 Å². The van der Waals surface area contributed by atoms with E-state index in [2.05, 4.69) is 29.8 Å². The van der Waals surface area contributed by atoms with Gasteiger partial charge in [-0.25, -0.2) is 9.13 Å². The number of phosphoric acid groups is 2. The molecule has 0 aromatic rings. The minimum absolute atomic E-state index is 0.0570. The molecule has 344 valence electrons. The quantitative estimate of drug-likeness (QED) is 0.0142. The minimum Gasteiger partial charge on any atom is -0.462 e. The Kier molecular flexibility index (Phi) is 34.3. The molecule has 0 saturated heterocycles. The summed E-state index contributed by atoms with van der Waals surface area (Å²) in [7, 11) is -9.79. The first kappa shape index (κ1) is 57.0. The Morgan fingerprint density at radius 3 is 1.71 bits per heavy atom. The second-order valence-corrected chi connectivity index (χ2v) is 17.7. The minimum atomic E-state index is -4.90. The van der Waals surface area contributed by atoms with E-state index in [-0.39, 0.29) is 25.7 Å². The van der Waals surface area contributed by atoms with Crippen molar-refractivity contribution in [3.8, 4) is 0 Å². The second kappa shape index (κ2) is 35.5. The molecule has 0 fully saturated rings. The summed E-state index contributed by atoms with van der Waals surface area (Å²) in [5.74, 6) is -0.635. The maximum Gasteiger partial charge on any atom is 0.472 e. The molecule has 0 bridgehead atoms. The number of allylic oxidation sites excluding steroid dienone is 6. The van der Waals surface area contributed by atoms with E-state index in [0.717, 1.165) is 57.3 Å². The molecule has 0 amide bonds. The Morgan fingerprint density at radius 1 is 0.576 bits per heavy atom. The number of hydrogen-bond donors (Lipinski definition) is 7. The Hall–Kier alpha value is -2.04. The fraction of sp³-hybridized carbons (Fsp3) is 0.756. The molecule has 7 N–H and O–H groups in total. The lowest BCUT2D eigenvalue weighted by molar-refractivity contribution is -0.161. The van der Waals surface area contributed by atoms with Crippen LogP contribution in [0.1, 0.15) is 136 Å². The van der Waals surface area contributed by atoms with Crippen LogP contribution >= 0.6 is 15.6 Å². The van der Waals surface area contributed by atoms with Gasteiger partial charge in [0.15, 0.2) is 6.10 Å². The number of hydrogen-bond acceptors (Lipinski definition) is 13. The molecular weight excluding hydrogens is 810 g/mol. The third kappa shape index (κ3) is 38.6. The van der Waals surface area contributed by atoms with E-state index in [0.29, 0.717) is 6.42 Å². The first-order valence-electron chi connectivity index (χ1n) is 21.0. The van der Waals surface area contributed by atoms with Crippen molar-refractivity contribution < 1.29 is 76.9 Å². The number of rotatable bonds is 38. The van der Waals surface area contributed by atoms with E-state index in [4.69, 9.17) is 23.8 Å². The molecule has 1 unspecified atom stereocenters. The van der Waals surface area contributed by atoms with Crippen molar-refractivity contribution >= 4 is 27.6 Å². The van der Waals surface area contributed by atoms with Gasteiger partial charge in [0.25, 0.3) is 0 Å². The van der Waals surface area contributed by atoms with Crippen molar-refractivity contribution in [1.82, 2.24) is 0 Å². The zero-order valence-corrected chi connectivity index (χ0v) is 37.1. The average Bonchev–Trinajstić information content (AvgIpc) is 3.16. The lowest BCUT2D eigenvalue weighted by Crippen LogP contribution is -2.30. The Morgan fingerprint density at radius 2 is 1.10 bits per heavy atom. The summed E-state index contributed by atoms with van der Waals surface area (Å²) < 4.78 is 47.4. The van der Waals surface area contributed by atoms with Crippen molar-refractivity contribution in [3.05, 3.63) is 48.6 Å². The molecule has 0 aliphatic rings. The topological polar surface area (TPSA) is 256 Å². The number of ether oxygens (including phenoxy) is 2. The zero-order valence-electron chi connectivity index (χ0n) is 35.3. The molecule has 0 aliphatic heterocycles. The highest BCUT2D eigenvalue weighted by atomic mass is 31.2. The van der Waals surface area contributed by atoms with Gasteiger partial charge in [-0.3, -0.25) is 23.2 Å². The predicted molar refractivity (Wildman–Crippen MR) is 225 cm³/mol. The van der Waals surface area contributed by atoms with Crippen LogP contribution in [0.15, 0.2) is 48.6 Å². The number of aliphatic hydroxyl groups is 4. The van der Waals surface area contributed by atoms with Crippen molar-refractivity contribution in [2.75, 3.05) is 26.4 Å². The van der Waals surface area contributed by atoms with Crippen LogP contribution in [0, 0.1) is 5.92 Å². The summed E-state index contributed by atoms with van der Waals surface area (Å²) in [5.41, 5.74) is 0. The van der Waals surface area contributed by atoms with Crippen molar-refractivity contribution in [2.45, 2.75) is 167 Å². The van der Waals surface area contributed by atoms with E-state index >= 15 is 0 Å². The highest BCUT2D eigenvalue weighted by Crippen LogP contribution is 2.43. The Labute approximate surface area is 351 Å². The van der Waals surface area contributed by atoms with Gasteiger partial charge in [-0.1, -0.05) is 146 Å². The molecule has 0 spiro atoms. The van der Waals surface area contributed by atoms with Gasteiger partial charge in [0.1, 0.15) is 12.7 Å². The van der Waals surface area contributed by atoms with E-state index in [1.165, 1.54) is 38.2 Å². The lowest BCUT2D eigenvalue weighted by Gasteiger charge is -2.20. The summed E-state index contributed by atoms with van der Waals surface area (Å²) in [6.45, 7) is 3.50. The van der Waals surface area contributed by atoms with Crippen LogP contribution in [0.25, 0.3) is 0 Å². The standard InChI is InChI=1S/C41H74O16P2/c1-4-5-17-24-35(42)25-19-14-11-12-15-20-26-38(44)39(45)27-22-29-40(46)53-32-37(33-56-59(51,52)55-31-36(43)30-54-58(48,49)50)57-41(47)28-21-16-10-8-6-7-9-13-18-23-34(2)3/h11-12,14-15,19-20,25-26,34-39,42-45H,4-10,13,16-18,21-24,27-33H2,1-3H3,(H,51,52)(H2,48,49,50)/b14-11-,15-12+,25-19+,26-20+/t35-,36+,37-,38-,39-/m1/s1. The monoisotopic (exact) mass is 884 g/mol. The molecule has 0 heterocycles. The third-order valence-electron chi connectivity index (χ3n) is 8.76. The summed E-state index contributed by atoms with van der Waals surface area (Å²) in [4.78, 5) is 52.6. The van der Waals surface area contributed by atoms with Gasteiger partial charge >= 0.3 is 27.6 Å². The summed E-state index contributed by atoms with van der Waals surface area (Å²) in [5, 5.41) is 40.2. The normalized spacial score (nSPS) is 16.3. The van der Waals surface area contributed by atoms with Crippen LogP contribution in [0.2, 0.25) is 0 Å². The predicted octanol–water partition coefficient (Wildman–Crippen LogP) is 7.05. The number of aliphatic hydroxyl groups excluding tert-OH is 4. The van der Waals surface area contributed by atoms with Gasteiger partial charge in [-0.2, -0.15) is 0 Å². The third-order valence-corrected chi connectivity index (χ3v) is 10.2. The summed E-state index contributed by atoms with van der Waals surface area (Å²) >= 11 is 0. The highest BCUT2D eigenvalue weighted by Gasteiger charge is 2.28. The fourth-order valence-corrected chi connectivity index (χ4v) is 6.54. The molecule has 18 heteroatoms. The van der Waals surface area contributed by atoms with Gasteiger partial charge in [0.05, 0.1) is 38.1 Å². The van der Waals surface area contributed by atoms with Crippen molar-refractivity contribution in [1.29, 1.82) is 0 Å². The molecule has 0 radical (unpaired) electrons. The van der Waals surface area contributed by atoms with Gasteiger partial charge in [-0.15, -0.1) is 0 Å². The molecule has 0 aromatic carbocycles.